The Kier molecular flexibility index (Phi) is 5.49. The molecule has 0 atom stereocenters. The molecule has 1 aliphatic heterocycles. The zero-order valence-corrected chi connectivity index (χ0v) is 17.5. The van der Waals surface area contributed by atoms with Crippen LogP contribution in [0, 0.1) is 0 Å². The molecule has 156 valence electrons. The Morgan fingerprint density at radius 3 is 2.20 bits per heavy atom. The summed E-state index contributed by atoms with van der Waals surface area (Å²) in [7, 11) is -3.23. The number of phenolic OH excluding ortho intramolecular Hbond substituents is 1. The number of sulfonamides is 1. The monoisotopic (exact) mass is 424 g/mol. The van der Waals surface area contributed by atoms with Crippen LogP contribution in [0.5, 0.6) is 5.75 Å². The molecule has 3 aromatic rings. The van der Waals surface area contributed by atoms with Crippen LogP contribution >= 0.6 is 0 Å². The van der Waals surface area contributed by atoms with Crippen molar-refractivity contribution in [3.63, 3.8) is 0 Å². The molecule has 0 bridgehead atoms. The van der Waals surface area contributed by atoms with Gasteiger partial charge in [0.25, 0.3) is 5.91 Å². The number of aromatic hydroxyl groups is 1. The number of fused-ring (bicyclic) bond motifs is 1. The second-order valence-corrected chi connectivity index (χ2v) is 9.56. The first-order valence-corrected chi connectivity index (χ1v) is 11.8. The van der Waals surface area contributed by atoms with Gasteiger partial charge < -0.3 is 10.0 Å². The standard InChI is InChI=1S/C23H24N2O4S/c1-30(28,29)24-21-10-12-25(13-11-21)23(27)20-5-4-18-14-17(2-3-19(18)15-20)16-6-8-22(26)9-7-16/h2-9,14-15,21,24,26H,10-13H2,1H3. The van der Waals surface area contributed by atoms with E-state index in [-0.39, 0.29) is 17.7 Å². The molecule has 3 aromatic carbocycles. The summed E-state index contributed by atoms with van der Waals surface area (Å²) in [5.74, 6) is 0.205. The summed E-state index contributed by atoms with van der Waals surface area (Å²) in [6.45, 7) is 1.06. The Morgan fingerprint density at radius 2 is 1.53 bits per heavy atom. The number of likely N-dealkylation sites (tertiary alicyclic amines) is 1. The van der Waals surface area contributed by atoms with Crippen LogP contribution in [0.1, 0.15) is 23.2 Å². The lowest BCUT2D eigenvalue weighted by Gasteiger charge is -2.32. The van der Waals surface area contributed by atoms with Gasteiger partial charge in [-0.05, 0) is 65.1 Å². The van der Waals surface area contributed by atoms with E-state index in [9.17, 15) is 18.3 Å². The number of carbonyl (C=O) groups is 1. The number of carbonyl (C=O) groups excluding carboxylic acids is 1. The number of rotatable bonds is 4. The predicted octanol–water partition coefficient (Wildman–Crippen LogP) is 3.37. The van der Waals surface area contributed by atoms with Crippen LogP contribution < -0.4 is 4.72 Å². The summed E-state index contributed by atoms with van der Waals surface area (Å²) in [6, 6.07) is 18.7. The van der Waals surface area contributed by atoms with Gasteiger partial charge in [0, 0.05) is 24.7 Å². The van der Waals surface area contributed by atoms with Gasteiger partial charge in [0.05, 0.1) is 6.26 Å². The molecule has 30 heavy (non-hydrogen) atoms. The minimum Gasteiger partial charge on any atom is -0.508 e. The van der Waals surface area contributed by atoms with Gasteiger partial charge in [-0.15, -0.1) is 0 Å². The largest absolute Gasteiger partial charge is 0.508 e. The van der Waals surface area contributed by atoms with Crippen molar-refractivity contribution in [2.45, 2.75) is 18.9 Å². The highest BCUT2D eigenvalue weighted by molar-refractivity contribution is 7.88. The summed E-state index contributed by atoms with van der Waals surface area (Å²) < 4.78 is 25.4. The quantitative estimate of drug-likeness (QED) is 0.672. The number of hydrogen-bond acceptors (Lipinski definition) is 4. The smallest absolute Gasteiger partial charge is 0.253 e. The molecular weight excluding hydrogens is 400 g/mol. The highest BCUT2D eigenvalue weighted by Crippen LogP contribution is 2.27. The zero-order chi connectivity index (χ0) is 21.3. The normalized spacial score (nSPS) is 15.4. The highest BCUT2D eigenvalue weighted by atomic mass is 32.2. The molecule has 1 heterocycles. The van der Waals surface area contributed by atoms with E-state index in [4.69, 9.17) is 0 Å². The third kappa shape index (κ3) is 4.63. The molecule has 1 aliphatic rings. The van der Waals surface area contributed by atoms with Crippen LogP contribution in [-0.4, -0.2) is 49.7 Å². The Hall–Kier alpha value is -2.90. The molecule has 1 saturated heterocycles. The number of nitrogens with one attached hydrogen (secondary N) is 1. The average molecular weight is 425 g/mol. The Labute approximate surface area is 176 Å². The third-order valence-electron chi connectivity index (χ3n) is 5.45. The van der Waals surface area contributed by atoms with E-state index in [2.05, 4.69) is 10.8 Å². The minimum absolute atomic E-state index is 0.0303. The maximum Gasteiger partial charge on any atom is 0.253 e. The molecule has 0 unspecified atom stereocenters. The fraction of sp³-hybridized carbons (Fsp3) is 0.261. The van der Waals surface area contributed by atoms with Crippen molar-refractivity contribution in [2.24, 2.45) is 0 Å². The summed E-state index contributed by atoms with van der Waals surface area (Å²) in [5, 5.41) is 11.5. The summed E-state index contributed by atoms with van der Waals surface area (Å²) in [6.07, 6.45) is 2.39. The van der Waals surface area contributed by atoms with E-state index in [1.165, 1.54) is 0 Å². The van der Waals surface area contributed by atoms with Crippen LogP contribution in [0.25, 0.3) is 21.9 Å². The first-order chi connectivity index (χ1) is 14.3. The Balaban J connectivity index is 1.49. The van der Waals surface area contributed by atoms with Crippen molar-refractivity contribution in [1.82, 2.24) is 9.62 Å². The van der Waals surface area contributed by atoms with E-state index in [1.54, 1.807) is 17.0 Å². The predicted molar refractivity (Wildman–Crippen MR) is 118 cm³/mol. The molecule has 4 rings (SSSR count). The van der Waals surface area contributed by atoms with Crippen molar-refractivity contribution in [3.05, 3.63) is 66.2 Å². The number of piperidine rings is 1. The van der Waals surface area contributed by atoms with Crippen LogP contribution in [0.3, 0.4) is 0 Å². The molecule has 1 fully saturated rings. The lowest BCUT2D eigenvalue weighted by atomic mass is 9.99. The molecule has 1 amide bonds. The fourth-order valence-corrected chi connectivity index (χ4v) is 4.74. The average Bonchev–Trinajstić information content (AvgIpc) is 2.72. The molecule has 2 N–H and O–H groups in total. The summed E-state index contributed by atoms with van der Waals surface area (Å²) in [4.78, 5) is 14.7. The maximum atomic E-state index is 12.9. The zero-order valence-electron chi connectivity index (χ0n) is 16.7. The van der Waals surface area contributed by atoms with Gasteiger partial charge in [-0.25, -0.2) is 13.1 Å². The number of benzene rings is 3. The van der Waals surface area contributed by atoms with Crippen molar-refractivity contribution in [1.29, 1.82) is 0 Å². The molecular formula is C23H24N2O4S. The second-order valence-electron chi connectivity index (χ2n) is 7.78. The molecule has 0 spiro atoms. The first-order valence-electron chi connectivity index (χ1n) is 9.88. The highest BCUT2D eigenvalue weighted by Gasteiger charge is 2.25. The molecule has 0 aliphatic carbocycles. The van der Waals surface area contributed by atoms with E-state index in [0.29, 0.717) is 31.5 Å². The van der Waals surface area contributed by atoms with Crippen molar-refractivity contribution in [2.75, 3.05) is 19.3 Å². The molecule has 0 saturated carbocycles. The van der Waals surface area contributed by atoms with Crippen molar-refractivity contribution in [3.8, 4) is 16.9 Å². The maximum absolute atomic E-state index is 12.9. The van der Waals surface area contributed by atoms with Gasteiger partial charge in [0.1, 0.15) is 5.75 Å². The summed E-state index contributed by atoms with van der Waals surface area (Å²) >= 11 is 0. The van der Waals surface area contributed by atoms with Gasteiger partial charge >= 0.3 is 0 Å². The molecule has 6 nitrogen and oxygen atoms in total. The van der Waals surface area contributed by atoms with Crippen LogP contribution in [0.2, 0.25) is 0 Å². The molecule has 0 aromatic heterocycles. The number of amides is 1. The van der Waals surface area contributed by atoms with Crippen LogP contribution in [-0.2, 0) is 10.0 Å². The lowest BCUT2D eigenvalue weighted by Crippen LogP contribution is -2.46. The number of nitrogens with zero attached hydrogens (tertiary/aromatic N) is 1. The number of phenols is 1. The molecule has 7 heteroatoms. The van der Waals surface area contributed by atoms with Gasteiger partial charge in [-0.3, -0.25) is 4.79 Å². The summed E-state index contributed by atoms with van der Waals surface area (Å²) in [5.41, 5.74) is 2.69. The molecule has 0 radical (unpaired) electrons. The SMILES string of the molecule is CS(=O)(=O)NC1CCN(C(=O)c2ccc3cc(-c4ccc(O)cc4)ccc3c2)CC1. The van der Waals surface area contributed by atoms with E-state index >= 15 is 0 Å². The topological polar surface area (TPSA) is 86.7 Å². The van der Waals surface area contributed by atoms with Gasteiger partial charge in [-0.2, -0.15) is 0 Å². The first kappa shape index (κ1) is 20.4. The van der Waals surface area contributed by atoms with Crippen LogP contribution in [0.15, 0.2) is 60.7 Å². The van der Waals surface area contributed by atoms with E-state index in [0.717, 1.165) is 28.2 Å². The van der Waals surface area contributed by atoms with Crippen molar-refractivity contribution < 1.29 is 18.3 Å². The minimum atomic E-state index is -3.23. The second kappa shape index (κ2) is 8.08. The van der Waals surface area contributed by atoms with Gasteiger partial charge in [-0.1, -0.05) is 30.3 Å². The van der Waals surface area contributed by atoms with Gasteiger partial charge in [0.2, 0.25) is 10.0 Å². The lowest BCUT2D eigenvalue weighted by molar-refractivity contribution is 0.0711. The van der Waals surface area contributed by atoms with E-state index in [1.807, 2.05) is 42.5 Å². The van der Waals surface area contributed by atoms with Crippen molar-refractivity contribution >= 4 is 26.7 Å². The fourth-order valence-electron chi connectivity index (χ4n) is 3.90. The number of hydrogen-bond donors (Lipinski definition) is 2. The third-order valence-corrected chi connectivity index (χ3v) is 6.21. The van der Waals surface area contributed by atoms with E-state index < -0.39 is 10.0 Å². The Bertz CT molecular complexity index is 1180. The van der Waals surface area contributed by atoms with Crippen LogP contribution in [0.4, 0.5) is 0 Å². The Morgan fingerprint density at radius 1 is 0.933 bits per heavy atom. The van der Waals surface area contributed by atoms with Gasteiger partial charge in [0.15, 0.2) is 0 Å².